The molecule has 2 aliphatic heterocycles. The van der Waals surface area contributed by atoms with E-state index in [1.54, 1.807) is 0 Å². The largest absolute Gasteiger partial charge is 0.352 e. The van der Waals surface area contributed by atoms with Crippen LogP contribution in [0, 0.1) is 11.8 Å². The van der Waals surface area contributed by atoms with Gasteiger partial charge < -0.3 is 10.6 Å². The van der Waals surface area contributed by atoms with Gasteiger partial charge in [0, 0.05) is 31.1 Å². The van der Waals surface area contributed by atoms with Crippen LogP contribution in [0.3, 0.4) is 0 Å². The maximum Gasteiger partial charge on any atom is 0.223 e. The van der Waals surface area contributed by atoms with Crippen molar-refractivity contribution in [3.8, 4) is 0 Å². The average Bonchev–Trinajstić information content (AvgIpc) is 3.11. The van der Waals surface area contributed by atoms with Gasteiger partial charge in [0.25, 0.3) is 0 Å². The molecular formula is C14H25N3O. The minimum absolute atomic E-state index is 0.223. The number of carbonyl (C=O) groups is 1. The Kier molecular flexibility index (Phi) is 3.57. The lowest BCUT2D eigenvalue weighted by atomic mass is 9.87. The zero-order chi connectivity index (χ0) is 12.5. The van der Waals surface area contributed by atoms with Gasteiger partial charge in [0.1, 0.15) is 0 Å². The van der Waals surface area contributed by atoms with Crippen molar-refractivity contribution < 1.29 is 4.79 Å². The first kappa shape index (κ1) is 12.4. The molecule has 0 spiro atoms. The molecule has 0 aromatic heterocycles. The van der Waals surface area contributed by atoms with Crippen molar-refractivity contribution in [2.24, 2.45) is 11.8 Å². The molecule has 0 aromatic carbocycles. The fourth-order valence-electron chi connectivity index (χ4n) is 3.39. The molecular weight excluding hydrogens is 226 g/mol. The van der Waals surface area contributed by atoms with Crippen LogP contribution < -0.4 is 10.6 Å². The number of likely N-dealkylation sites (tertiary alicyclic amines) is 1. The summed E-state index contributed by atoms with van der Waals surface area (Å²) in [5.74, 6) is 0.993. The van der Waals surface area contributed by atoms with E-state index in [1.807, 2.05) is 0 Å². The van der Waals surface area contributed by atoms with Gasteiger partial charge in [0.15, 0.2) is 0 Å². The summed E-state index contributed by atoms with van der Waals surface area (Å²) in [6.07, 6.45) is 4.87. The second-order valence-corrected chi connectivity index (χ2v) is 6.30. The monoisotopic (exact) mass is 251 g/mol. The summed E-state index contributed by atoms with van der Waals surface area (Å²) in [4.78, 5) is 14.9. The van der Waals surface area contributed by atoms with Crippen molar-refractivity contribution in [1.29, 1.82) is 0 Å². The molecule has 1 amide bonds. The van der Waals surface area contributed by atoms with Crippen LogP contribution in [-0.2, 0) is 4.79 Å². The number of hydrogen-bond acceptors (Lipinski definition) is 3. The molecule has 3 rings (SSSR count). The first-order chi connectivity index (χ1) is 8.74. The number of nitrogens with zero attached hydrogens (tertiary/aromatic N) is 1. The third-order valence-corrected chi connectivity index (χ3v) is 4.75. The lowest BCUT2D eigenvalue weighted by molar-refractivity contribution is -0.127. The van der Waals surface area contributed by atoms with E-state index in [4.69, 9.17) is 0 Å². The number of rotatable bonds is 3. The normalized spacial score (nSPS) is 37.7. The highest BCUT2D eigenvalue weighted by Crippen LogP contribution is 2.30. The minimum Gasteiger partial charge on any atom is -0.352 e. The molecule has 0 radical (unpaired) electrons. The van der Waals surface area contributed by atoms with Crippen LogP contribution in [0.4, 0.5) is 0 Å². The van der Waals surface area contributed by atoms with E-state index in [0.29, 0.717) is 17.9 Å². The highest BCUT2D eigenvalue weighted by Gasteiger charge is 2.36. The number of amides is 1. The lowest BCUT2D eigenvalue weighted by Crippen LogP contribution is -2.47. The molecule has 3 atom stereocenters. The van der Waals surface area contributed by atoms with Gasteiger partial charge in [0.2, 0.25) is 5.91 Å². The molecule has 2 saturated heterocycles. The number of piperidine rings is 1. The Morgan fingerprint density at radius 2 is 2.11 bits per heavy atom. The SMILES string of the molecule is CC1CNCCC1C(=O)NC1CCN(C2CC2)C1. The molecule has 0 aromatic rings. The fourth-order valence-corrected chi connectivity index (χ4v) is 3.39. The Bertz CT molecular complexity index is 316. The number of carbonyl (C=O) groups excluding carboxylic acids is 1. The summed E-state index contributed by atoms with van der Waals surface area (Å²) >= 11 is 0. The van der Waals surface area contributed by atoms with Crippen LogP contribution in [0.1, 0.15) is 32.6 Å². The topological polar surface area (TPSA) is 44.4 Å². The van der Waals surface area contributed by atoms with Crippen molar-refractivity contribution >= 4 is 5.91 Å². The highest BCUT2D eigenvalue weighted by atomic mass is 16.2. The van der Waals surface area contributed by atoms with E-state index in [2.05, 4.69) is 22.5 Å². The summed E-state index contributed by atoms with van der Waals surface area (Å²) in [6.45, 7) is 6.41. The summed E-state index contributed by atoms with van der Waals surface area (Å²) < 4.78 is 0. The van der Waals surface area contributed by atoms with Gasteiger partial charge in [-0.05, 0) is 44.7 Å². The minimum atomic E-state index is 0.223. The summed E-state index contributed by atoms with van der Waals surface area (Å²) in [5, 5.41) is 6.64. The van der Waals surface area contributed by atoms with E-state index >= 15 is 0 Å². The van der Waals surface area contributed by atoms with Gasteiger partial charge >= 0.3 is 0 Å². The van der Waals surface area contributed by atoms with Crippen LogP contribution in [-0.4, -0.2) is 49.1 Å². The smallest absolute Gasteiger partial charge is 0.223 e. The van der Waals surface area contributed by atoms with E-state index in [9.17, 15) is 4.79 Å². The first-order valence-corrected chi connectivity index (χ1v) is 7.49. The zero-order valence-corrected chi connectivity index (χ0v) is 11.3. The Labute approximate surface area is 109 Å². The van der Waals surface area contributed by atoms with Crippen molar-refractivity contribution in [2.45, 2.75) is 44.7 Å². The summed E-state index contributed by atoms with van der Waals surface area (Å²) in [6, 6.07) is 1.24. The first-order valence-electron chi connectivity index (χ1n) is 7.49. The molecule has 4 nitrogen and oxygen atoms in total. The van der Waals surface area contributed by atoms with Crippen molar-refractivity contribution in [1.82, 2.24) is 15.5 Å². The second kappa shape index (κ2) is 5.17. The lowest BCUT2D eigenvalue weighted by Gasteiger charge is -2.29. The van der Waals surface area contributed by atoms with Crippen molar-refractivity contribution in [3.05, 3.63) is 0 Å². The van der Waals surface area contributed by atoms with E-state index < -0.39 is 0 Å². The Hall–Kier alpha value is -0.610. The van der Waals surface area contributed by atoms with E-state index in [-0.39, 0.29) is 5.92 Å². The molecule has 3 unspecified atom stereocenters. The van der Waals surface area contributed by atoms with Crippen LogP contribution in [0.5, 0.6) is 0 Å². The highest BCUT2D eigenvalue weighted by molar-refractivity contribution is 5.79. The Morgan fingerprint density at radius 3 is 2.83 bits per heavy atom. The van der Waals surface area contributed by atoms with Gasteiger partial charge in [0.05, 0.1) is 0 Å². The van der Waals surface area contributed by atoms with Crippen LogP contribution in [0.2, 0.25) is 0 Å². The van der Waals surface area contributed by atoms with Gasteiger partial charge in [-0.1, -0.05) is 6.92 Å². The van der Waals surface area contributed by atoms with Crippen molar-refractivity contribution in [2.75, 3.05) is 26.2 Å². The molecule has 4 heteroatoms. The molecule has 1 saturated carbocycles. The molecule has 3 aliphatic rings. The van der Waals surface area contributed by atoms with Gasteiger partial charge in [-0.15, -0.1) is 0 Å². The van der Waals surface area contributed by atoms with Gasteiger partial charge in [-0.3, -0.25) is 9.69 Å². The maximum absolute atomic E-state index is 12.3. The van der Waals surface area contributed by atoms with Crippen molar-refractivity contribution in [3.63, 3.8) is 0 Å². The maximum atomic E-state index is 12.3. The fraction of sp³-hybridized carbons (Fsp3) is 0.929. The number of nitrogens with one attached hydrogen (secondary N) is 2. The Morgan fingerprint density at radius 1 is 1.28 bits per heavy atom. The predicted octanol–water partition coefficient (Wildman–Crippen LogP) is 0.585. The van der Waals surface area contributed by atoms with Crippen LogP contribution >= 0.6 is 0 Å². The van der Waals surface area contributed by atoms with E-state index in [0.717, 1.165) is 38.5 Å². The third kappa shape index (κ3) is 2.69. The summed E-state index contributed by atoms with van der Waals surface area (Å²) in [5.41, 5.74) is 0. The molecule has 2 heterocycles. The van der Waals surface area contributed by atoms with E-state index in [1.165, 1.54) is 19.4 Å². The average molecular weight is 251 g/mol. The number of hydrogen-bond donors (Lipinski definition) is 2. The third-order valence-electron chi connectivity index (χ3n) is 4.75. The zero-order valence-electron chi connectivity index (χ0n) is 11.3. The summed E-state index contributed by atoms with van der Waals surface area (Å²) in [7, 11) is 0. The second-order valence-electron chi connectivity index (χ2n) is 6.30. The standard InChI is InChI=1S/C14H25N3O/c1-10-8-15-6-4-13(10)14(18)16-11-5-7-17(9-11)12-2-3-12/h10-13,15H,2-9H2,1H3,(H,16,18). The molecule has 2 N–H and O–H groups in total. The quantitative estimate of drug-likeness (QED) is 0.771. The Balaban J connectivity index is 1.48. The molecule has 0 bridgehead atoms. The van der Waals surface area contributed by atoms with Gasteiger partial charge in [-0.2, -0.15) is 0 Å². The molecule has 18 heavy (non-hydrogen) atoms. The molecule has 3 fully saturated rings. The van der Waals surface area contributed by atoms with Crippen LogP contribution in [0.15, 0.2) is 0 Å². The molecule has 102 valence electrons. The van der Waals surface area contributed by atoms with Gasteiger partial charge in [-0.25, -0.2) is 0 Å². The molecule has 1 aliphatic carbocycles. The predicted molar refractivity (Wildman–Crippen MR) is 71.3 cm³/mol. The van der Waals surface area contributed by atoms with Crippen LogP contribution in [0.25, 0.3) is 0 Å².